The lowest BCUT2D eigenvalue weighted by Crippen LogP contribution is -2.35. The van der Waals surface area contributed by atoms with Crippen LogP contribution in [0.1, 0.15) is 22.4 Å². The van der Waals surface area contributed by atoms with E-state index in [9.17, 15) is 13.2 Å². The fourth-order valence-corrected chi connectivity index (χ4v) is 3.40. The van der Waals surface area contributed by atoms with Crippen LogP contribution in [0.5, 0.6) is 0 Å². The van der Waals surface area contributed by atoms with Gasteiger partial charge in [0.15, 0.2) is 0 Å². The molecule has 1 aliphatic rings. The molecule has 0 unspecified atom stereocenters. The van der Waals surface area contributed by atoms with E-state index < -0.39 is 9.84 Å². The lowest BCUT2D eigenvalue weighted by Gasteiger charge is -2.27. The third-order valence-corrected chi connectivity index (χ3v) is 4.87. The van der Waals surface area contributed by atoms with Crippen molar-refractivity contribution in [3.63, 3.8) is 0 Å². The summed E-state index contributed by atoms with van der Waals surface area (Å²) >= 11 is 0. The zero-order chi connectivity index (χ0) is 16.6. The molecule has 1 aliphatic heterocycles. The van der Waals surface area contributed by atoms with Crippen molar-refractivity contribution in [3.05, 3.63) is 57.0 Å². The summed E-state index contributed by atoms with van der Waals surface area (Å²) < 4.78 is 23.3. The van der Waals surface area contributed by atoms with Crippen LogP contribution in [-0.2, 0) is 29.3 Å². The number of aromatic amines is 1. The van der Waals surface area contributed by atoms with Gasteiger partial charge >= 0.3 is 0 Å². The number of hydrogen-bond acceptors (Lipinski definition) is 5. The number of sulfone groups is 1. The van der Waals surface area contributed by atoms with Gasteiger partial charge in [0.2, 0.25) is 15.0 Å². The van der Waals surface area contributed by atoms with Gasteiger partial charge < -0.3 is 0 Å². The summed E-state index contributed by atoms with van der Waals surface area (Å²) in [6.07, 6.45) is 1.62. The highest BCUT2D eigenvalue weighted by Crippen LogP contribution is 2.17. The van der Waals surface area contributed by atoms with Crippen LogP contribution in [0.2, 0.25) is 0 Å². The first kappa shape index (κ1) is 15.9. The maximum atomic E-state index is 12.1. The molecule has 122 valence electrons. The highest BCUT2D eigenvalue weighted by Gasteiger charge is 2.23. The number of nitrogens with one attached hydrogen (secondary N) is 1. The molecule has 2 heterocycles. The van der Waals surface area contributed by atoms with Gasteiger partial charge in [0, 0.05) is 31.5 Å². The molecule has 0 aliphatic carbocycles. The number of benzene rings is 1. The molecule has 0 atom stereocenters. The molecule has 6 nitrogen and oxygen atoms in total. The minimum atomic E-state index is -3.53. The van der Waals surface area contributed by atoms with Gasteiger partial charge in [0.1, 0.15) is 0 Å². The number of hydrogen-bond donors (Lipinski definition) is 1. The summed E-state index contributed by atoms with van der Waals surface area (Å²) in [6.45, 7) is 4.04. The van der Waals surface area contributed by atoms with Crippen LogP contribution in [0.25, 0.3) is 0 Å². The molecule has 0 spiro atoms. The smallest absolute Gasteiger partial charge is 0.255 e. The first-order valence-electron chi connectivity index (χ1n) is 7.43. The molecule has 0 radical (unpaired) electrons. The van der Waals surface area contributed by atoms with Crippen LogP contribution in [0.3, 0.4) is 0 Å². The van der Waals surface area contributed by atoms with Gasteiger partial charge in [0.05, 0.1) is 5.69 Å². The normalized spacial score (nSPS) is 15.4. The molecule has 1 aromatic carbocycles. The van der Waals surface area contributed by atoms with E-state index in [1.54, 1.807) is 0 Å². The molecule has 1 aromatic heterocycles. The van der Waals surface area contributed by atoms with E-state index in [-0.39, 0.29) is 10.7 Å². The molecule has 0 saturated carbocycles. The molecule has 0 fully saturated rings. The molecule has 0 amide bonds. The number of aryl methyl sites for hydroxylation is 1. The third kappa shape index (κ3) is 3.51. The highest BCUT2D eigenvalue weighted by molar-refractivity contribution is 7.90. The largest absolute Gasteiger partial charge is 0.297 e. The van der Waals surface area contributed by atoms with Crippen molar-refractivity contribution in [2.75, 3.05) is 12.8 Å². The molecule has 2 aromatic rings. The lowest BCUT2D eigenvalue weighted by atomic mass is 10.1. The quantitative estimate of drug-likeness (QED) is 0.849. The van der Waals surface area contributed by atoms with E-state index in [0.717, 1.165) is 19.3 Å². The van der Waals surface area contributed by atoms with Gasteiger partial charge in [-0.2, -0.15) is 0 Å². The Morgan fingerprint density at radius 1 is 1.35 bits per heavy atom. The van der Waals surface area contributed by atoms with E-state index in [0.29, 0.717) is 24.2 Å². The zero-order valence-electron chi connectivity index (χ0n) is 13.2. The minimum Gasteiger partial charge on any atom is -0.297 e. The van der Waals surface area contributed by atoms with E-state index in [4.69, 9.17) is 0 Å². The average molecular weight is 333 g/mol. The van der Waals surface area contributed by atoms with E-state index in [1.165, 1.54) is 11.1 Å². The van der Waals surface area contributed by atoms with Gasteiger partial charge in [0.25, 0.3) is 5.56 Å². The van der Waals surface area contributed by atoms with Crippen molar-refractivity contribution in [1.29, 1.82) is 0 Å². The van der Waals surface area contributed by atoms with Gasteiger partial charge in [-0.25, -0.2) is 13.4 Å². The standard InChI is InChI=1S/C16H19N3O3S/c1-11-4-3-5-12(8-11)9-19-7-6-13-14(10-19)17-16(18-15(13)20)23(2,21)22/h3-5,8H,6-7,9-10H2,1-2H3,(H,17,18,20). The van der Waals surface area contributed by atoms with Crippen molar-refractivity contribution in [2.45, 2.75) is 31.6 Å². The number of aromatic nitrogens is 2. The van der Waals surface area contributed by atoms with Crippen LogP contribution in [-0.4, -0.2) is 36.1 Å². The minimum absolute atomic E-state index is 0.251. The summed E-state index contributed by atoms with van der Waals surface area (Å²) in [6, 6.07) is 8.26. The van der Waals surface area contributed by atoms with Crippen molar-refractivity contribution >= 4 is 9.84 Å². The van der Waals surface area contributed by atoms with Crippen LogP contribution < -0.4 is 5.56 Å². The average Bonchev–Trinajstić information content (AvgIpc) is 2.46. The summed E-state index contributed by atoms with van der Waals surface area (Å²) in [5.74, 6) is 0. The monoisotopic (exact) mass is 333 g/mol. The molecule has 7 heteroatoms. The Morgan fingerprint density at radius 2 is 2.13 bits per heavy atom. The van der Waals surface area contributed by atoms with Gasteiger partial charge in [-0.3, -0.25) is 14.7 Å². The second-order valence-corrected chi connectivity index (χ2v) is 7.95. The van der Waals surface area contributed by atoms with E-state index in [1.807, 2.05) is 6.07 Å². The number of fused-ring (bicyclic) bond motifs is 1. The van der Waals surface area contributed by atoms with Crippen molar-refractivity contribution in [2.24, 2.45) is 0 Å². The zero-order valence-corrected chi connectivity index (χ0v) is 14.0. The molecular formula is C16H19N3O3S. The fourth-order valence-electron chi connectivity index (χ4n) is 2.85. The summed E-state index contributed by atoms with van der Waals surface area (Å²) in [5.41, 5.74) is 3.21. The Bertz CT molecular complexity index is 903. The predicted octanol–water partition coefficient (Wildman–Crippen LogP) is 1.04. The molecule has 0 bridgehead atoms. The van der Waals surface area contributed by atoms with E-state index >= 15 is 0 Å². The highest BCUT2D eigenvalue weighted by atomic mass is 32.2. The first-order valence-corrected chi connectivity index (χ1v) is 9.32. The Morgan fingerprint density at radius 3 is 2.83 bits per heavy atom. The molecule has 3 rings (SSSR count). The fraction of sp³-hybridized carbons (Fsp3) is 0.375. The maximum Gasteiger partial charge on any atom is 0.255 e. The molecule has 23 heavy (non-hydrogen) atoms. The Balaban J connectivity index is 1.88. The summed E-state index contributed by atoms with van der Waals surface area (Å²) in [7, 11) is -3.53. The lowest BCUT2D eigenvalue weighted by molar-refractivity contribution is 0.239. The third-order valence-electron chi connectivity index (χ3n) is 3.97. The van der Waals surface area contributed by atoms with Crippen molar-refractivity contribution in [3.8, 4) is 0 Å². The van der Waals surface area contributed by atoms with Gasteiger partial charge in [-0.15, -0.1) is 0 Å². The van der Waals surface area contributed by atoms with Crippen LogP contribution in [0, 0.1) is 6.92 Å². The Hall–Kier alpha value is -1.99. The van der Waals surface area contributed by atoms with Crippen LogP contribution >= 0.6 is 0 Å². The topological polar surface area (TPSA) is 83.1 Å². The van der Waals surface area contributed by atoms with Crippen LogP contribution in [0.15, 0.2) is 34.2 Å². The summed E-state index contributed by atoms with van der Waals surface area (Å²) in [5, 5.41) is -0.251. The van der Waals surface area contributed by atoms with Crippen molar-refractivity contribution in [1.82, 2.24) is 14.9 Å². The Labute approximate surface area is 135 Å². The summed E-state index contributed by atoms with van der Waals surface area (Å²) in [4.78, 5) is 20.8. The predicted molar refractivity (Wildman–Crippen MR) is 87.0 cm³/mol. The molecular weight excluding hydrogens is 314 g/mol. The SMILES string of the molecule is Cc1cccc(CN2CCc3c(nc(S(C)(=O)=O)[nH]c3=O)C2)c1. The first-order chi connectivity index (χ1) is 10.8. The maximum absolute atomic E-state index is 12.1. The molecule has 0 saturated heterocycles. The van der Waals surface area contributed by atoms with Gasteiger partial charge in [-0.05, 0) is 18.9 Å². The number of nitrogens with zero attached hydrogens (tertiary/aromatic N) is 2. The van der Waals surface area contributed by atoms with Gasteiger partial charge in [-0.1, -0.05) is 29.8 Å². The van der Waals surface area contributed by atoms with Crippen molar-refractivity contribution < 1.29 is 8.42 Å². The number of rotatable bonds is 3. The second kappa shape index (κ2) is 5.90. The van der Waals surface area contributed by atoms with Crippen LogP contribution in [0.4, 0.5) is 0 Å². The Kier molecular flexibility index (Phi) is 4.08. The molecule has 1 N–H and O–H groups in total. The second-order valence-electron chi connectivity index (χ2n) is 6.02. The van der Waals surface area contributed by atoms with E-state index in [2.05, 4.69) is 40.0 Å². The number of H-pyrrole nitrogens is 1.